The molecule has 0 saturated carbocycles. The Bertz CT molecular complexity index is 1220. The van der Waals surface area contributed by atoms with Gasteiger partial charge in [0.25, 0.3) is 0 Å². The molecule has 0 bridgehead atoms. The molecule has 68 heavy (non-hydrogen) atoms. The van der Waals surface area contributed by atoms with Crippen LogP contribution in [0.25, 0.3) is 0 Å². The summed E-state index contributed by atoms with van der Waals surface area (Å²) in [6, 6.07) is 0. The fraction of sp³-hybridized carbons (Fsp3) is 0.907. The maximum absolute atomic E-state index is 12.9. The van der Waals surface area contributed by atoms with Crippen molar-refractivity contribution in [3.05, 3.63) is 24.3 Å². The van der Waals surface area contributed by atoms with E-state index in [1.807, 2.05) is 0 Å². The lowest BCUT2D eigenvalue weighted by molar-refractivity contribution is -0.332. The number of carbonyl (C=O) groups is 1. The van der Waals surface area contributed by atoms with E-state index in [0.717, 1.165) is 44.9 Å². The molecule has 2 fully saturated rings. The molecule has 0 aromatic rings. The fourth-order valence-electron chi connectivity index (χ4n) is 8.73. The predicted molar refractivity (Wildman–Crippen MR) is 266 cm³/mol. The van der Waals surface area contributed by atoms with Crippen molar-refractivity contribution in [3.8, 4) is 0 Å². The summed E-state index contributed by atoms with van der Waals surface area (Å²) in [4.78, 5) is 12.9. The normalized spacial score (nSPS) is 26.0. The molecule has 2 heterocycles. The van der Waals surface area contributed by atoms with E-state index in [1.165, 1.54) is 141 Å². The molecule has 0 aromatic carbocycles. The Morgan fingerprint density at radius 2 is 0.912 bits per heavy atom. The van der Waals surface area contributed by atoms with E-state index in [2.05, 4.69) is 38.2 Å². The second kappa shape index (κ2) is 42.0. The van der Waals surface area contributed by atoms with Crippen LogP contribution in [0.5, 0.6) is 0 Å². The molecule has 14 nitrogen and oxygen atoms in total. The van der Waals surface area contributed by atoms with Crippen molar-refractivity contribution in [1.82, 2.24) is 0 Å². The number of aliphatic hydroxyl groups is 7. The maximum Gasteiger partial charge on any atom is 0.306 e. The number of hydrogen-bond acceptors (Lipinski definition) is 14. The molecule has 11 unspecified atom stereocenters. The summed E-state index contributed by atoms with van der Waals surface area (Å²) >= 11 is 0. The van der Waals surface area contributed by atoms with Crippen LogP contribution >= 0.6 is 0 Å². The molecule has 2 aliphatic rings. The quantitative estimate of drug-likeness (QED) is 0.0173. The third-order valence-electron chi connectivity index (χ3n) is 13.2. The van der Waals surface area contributed by atoms with Gasteiger partial charge in [-0.1, -0.05) is 186 Å². The highest BCUT2D eigenvalue weighted by atomic mass is 16.7. The van der Waals surface area contributed by atoms with Crippen LogP contribution < -0.4 is 0 Å². The molecule has 2 saturated heterocycles. The number of esters is 1. The van der Waals surface area contributed by atoms with Crippen molar-refractivity contribution in [2.75, 3.05) is 33.0 Å². The van der Waals surface area contributed by atoms with E-state index >= 15 is 0 Å². The topological polar surface area (TPSA) is 214 Å². The van der Waals surface area contributed by atoms with E-state index in [1.54, 1.807) is 0 Å². The first-order valence-corrected chi connectivity index (χ1v) is 27.4. The molecule has 0 aliphatic carbocycles. The average Bonchev–Trinajstić information content (AvgIpc) is 3.34. The summed E-state index contributed by atoms with van der Waals surface area (Å²) in [5.41, 5.74) is 0. The Morgan fingerprint density at radius 3 is 1.41 bits per heavy atom. The molecule has 0 aromatic heterocycles. The highest BCUT2D eigenvalue weighted by Gasteiger charge is 2.47. The van der Waals surface area contributed by atoms with Crippen LogP contribution in [0.3, 0.4) is 0 Å². The Hall–Kier alpha value is -1.53. The molecule has 0 amide bonds. The largest absolute Gasteiger partial charge is 0.457 e. The standard InChI is InChI=1S/C54H100O14/c1-3-5-7-9-11-13-14-15-16-17-18-19-20-21-22-23-24-25-26-27-28-29-30-32-34-36-38-63-40-43(66-46(56)37-35-33-31-12-10-8-6-4-2)41-64-53-52(62)50(60)48(58)45(68-53)42-65-54-51(61)49(59)47(57)44(39-55)67-54/h14-15,17-18,43-45,47-55,57-62H,3-13,16,19-42H2,1-2H3/b15-14-,18-17-. The highest BCUT2D eigenvalue weighted by Crippen LogP contribution is 2.26. The number of allylic oxidation sites excluding steroid dienone is 4. The first-order chi connectivity index (χ1) is 33.1. The molecule has 7 N–H and O–H groups in total. The molecular formula is C54H100O14. The fourth-order valence-corrected chi connectivity index (χ4v) is 8.73. The van der Waals surface area contributed by atoms with Gasteiger partial charge in [-0.2, -0.15) is 0 Å². The highest BCUT2D eigenvalue weighted by molar-refractivity contribution is 5.69. The number of ether oxygens (including phenoxy) is 6. The van der Waals surface area contributed by atoms with Crippen LogP contribution in [0.1, 0.15) is 213 Å². The number of hydrogen-bond donors (Lipinski definition) is 7. The molecular weight excluding hydrogens is 873 g/mol. The zero-order chi connectivity index (χ0) is 49.5. The van der Waals surface area contributed by atoms with Gasteiger partial charge in [-0.05, 0) is 44.9 Å². The summed E-state index contributed by atoms with van der Waals surface area (Å²) in [6.45, 7) is 3.66. The monoisotopic (exact) mass is 973 g/mol. The van der Waals surface area contributed by atoms with Gasteiger partial charge in [0.05, 0.1) is 26.4 Å². The van der Waals surface area contributed by atoms with Crippen LogP contribution in [0.15, 0.2) is 24.3 Å². The summed E-state index contributed by atoms with van der Waals surface area (Å²) in [7, 11) is 0. The van der Waals surface area contributed by atoms with E-state index in [0.29, 0.717) is 13.0 Å². The summed E-state index contributed by atoms with van der Waals surface area (Å²) < 4.78 is 34.2. The van der Waals surface area contributed by atoms with Gasteiger partial charge in [-0.15, -0.1) is 0 Å². The summed E-state index contributed by atoms with van der Waals surface area (Å²) in [6.07, 6.45) is 29.9. The van der Waals surface area contributed by atoms with Crippen molar-refractivity contribution in [2.45, 2.75) is 280 Å². The van der Waals surface area contributed by atoms with E-state index in [9.17, 15) is 40.5 Å². The van der Waals surface area contributed by atoms with Gasteiger partial charge in [-0.25, -0.2) is 0 Å². The Labute approximate surface area is 411 Å². The van der Waals surface area contributed by atoms with Crippen LogP contribution in [-0.4, -0.2) is 142 Å². The van der Waals surface area contributed by atoms with Gasteiger partial charge in [-0.3, -0.25) is 4.79 Å². The first kappa shape index (κ1) is 62.6. The Balaban J connectivity index is 1.63. The van der Waals surface area contributed by atoms with Gasteiger partial charge in [0, 0.05) is 13.0 Å². The third kappa shape index (κ3) is 29.1. The molecule has 2 rings (SSSR count). The molecule has 400 valence electrons. The average molecular weight is 973 g/mol. The molecule has 2 aliphatic heterocycles. The Morgan fingerprint density at radius 1 is 0.485 bits per heavy atom. The first-order valence-electron chi connectivity index (χ1n) is 27.4. The second-order valence-electron chi connectivity index (χ2n) is 19.4. The minimum absolute atomic E-state index is 0.0651. The molecule has 14 heteroatoms. The van der Waals surface area contributed by atoms with Gasteiger partial charge >= 0.3 is 5.97 Å². The lowest BCUT2D eigenvalue weighted by atomic mass is 9.98. The lowest BCUT2D eigenvalue weighted by Crippen LogP contribution is -2.61. The Kier molecular flexibility index (Phi) is 38.7. The van der Waals surface area contributed by atoms with Gasteiger partial charge in [0.15, 0.2) is 12.6 Å². The predicted octanol–water partition coefficient (Wildman–Crippen LogP) is 8.80. The number of carbonyl (C=O) groups excluding carboxylic acids is 1. The van der Waals surface area contributed by atoms with E-state index in [-0.39, 0.29) is 25.6 Å². The van der Waals surface area contributed by atoms with Crippen LogP contribution in [-0.2, 0) is 33.2 Å². The molecule has 0 spiro atoms. The second-order valence-corrected chi connectivity index (χ2v) is 19.4. The van der Waals surface area contributed by atoms with Crippen LogP contribution in [0.4, 0.5) is 0 Å². The zero-order valence-corrected chi connectivity index (χ0v) is 42.6. The summed E-state index contributed by atoms with van der Waals surface area (Å²) in [5.74, 6) is -0.379. The minimum Gasteiger partial charge on any atom is -0.457 e. The number of unbranched alkanes of at least 4 members (excludes halogenated alkanes) is 26. The van der Waals surface area contributed by atoms with Crippen molar-refractivity contribution < 1.29 is 69.0 Å². The number of aliphatic hydroxyl groups excluding tert-OH is 7. The SMILES string of the molecule is CCCCCCC/C=C\C/C=C\CCCCCCCCCCCCCCCCOCC(COC1OC(COC2OC(CO)C(O)C(O)C2O)C(O)C(O)C1O)OC(=O)CCCCCCCCCC. The molecule has 0 radical (unpaired) electrons. The van der Waals surface area contributed by atoms with Crippen molar-refractivity contribution >= 4 is 5.97 Å². The van der Waals surface area contributed by atoms with Crippen molar-refractivity contribution in [2.24, 2.45) is 0 Å². The lowest BCUT2D eigenvalue weighted by Gasteiger charge is -2.42. The zero-order valence-electron chi connectivity index (χ0n) is 42.6. The third-order valence-corrected chi connectivity index (χ3v) is 13.2. The van der Waals surface area contributed by atoms with Crippen LogP contribution in [0, 0.1) is 0 Å². The number of rotatable bonds is 44. The van der Waals surface area contributed by atoms with Crippen molar-refractivity contribution in [1.29, 1.82) is 0 Å². The van der Waals surface area contributed by atoms with Gasteiger partial charge in [0.1, 0.15) is 54.9 Å². The van der Waals surface area contributed by atoms with Gasteiger partial charge < -0.3 is 64.2 Å². The van der Waals surface area contributed by atoms with Gasteiger partial charge in [0.2, 0.25) is 0 Å². The minimum atomic E-state index is -1.70. The van der Waals surface area contributed by atoms with Crippen molar-refractivity contribution in [3.63, 3.8) is 0 Å². The van der Waals surface area contributed by atoms with E-state index in [4.69, 9.17) is 28.4 Å². The maximum atomic E-state index is 12.9. The summed E-state index contributed by atoms with van der Waals surface area (Å²) in [5, 5.41) is 72.0. The van der Waals surface area contributed by atoms with Crippen LogP contribution in [0.2, 0.25) is 0 Å². The smallest absolute Gasteiger partial charge is 0.306 e. The molecule has 11 atom stereocenters. The van der Waals surface area contributed by atoms with E-state index < -0.39 is 80.7 Å².